The highest BCUT2D eigenvalue weighted by Gasteiger charge is 2.15. The molecular formula is C17H20O4S. The SMILES string of the molecule is [2H]c1c([2H])c([2H])c(O[C@H](CCOS(C)(=O)=O)c2ccccc2)c(C)c1[2H]. The summed E-state index contributed by atoms with van der Waals surface area (Å²) in [5, 5.41) is 0. The van der Waals surface area contributed by atoms with Crippen molar-refractivity contribution >= 4 is 10.1 Å². The van der Waals surface area contributed by atoms with E-state index < -0.39 is 16.2 Å². The highest BCUT2D eigenvalue weighted by atomic mass is 32.2. The van der Waals surface area contributed by atoms with Crippen molar-refractivity contribution in [3.63, 3.8) is 0 Å². The van der Waals surface area contributed by atoms with Gasteiger partial charge in [-0.25, -0.2) is 0 Å². The van der Waals surface area contributed by atoms with E-state index in [-0.39, 0.29) is 42.9 Å². The molecule has 0 heterocycles. The molecule has 5 heteroatoms. The summed E-state index contributed by atoms with van der Waals surface area (Å²) in [7, 11) is -3.59. The Morgan fingerprint density at radius 1 is 1.18 bits per heavy atom. The van der Waals surface area contributed by atoms with Crippen molar-refractivity contribution in [2.45, 2.75) is 19.4 Å². The maximum absolute atomic E-state index is 11.2. The molecule has 0 aromatic heterocycles. The van der Waals surface area contributed by atoms with Crippen LogP contribution in [0.15, 0.2) is 54.5 Å². The fraction of sp³-hybridized carbons (Fsp3) is 0.294. The molecule has 0 fully saturated rings. The van der Waals surface area contributed by atoms with Gasteiger partial charge in [0.15, 0.2) is 0 Å². The molecule has 2 aromatic carbocycles. The van der Waals surface area contributed by atoms with Crippen molar-refractivity contribution in [3.05, 3.63) is 65.6 Å². The number of benzene rings is 2. The molecule has 0 unspecified atom stereocenters. The maximum Gasteiger partial charge on any atom is 0.264 e. The Morgan fingerprint density at radius 2 is 1.86 bits per heavy atom. The summed E-state index contributed by atoms with van der Waals surface area (Å²) in [6.07, 6.45) is 0.527. The average molecular weight is 324 g/mol. The predicted octanol–water partition coefficient (Wildman–Crippen LogP) is 3.48. The smallest absolute Gasteiger partial charge is 0.264 e. The van der Waals surface area contributed by atoms with Crippen LogP contribution in [0.1, 0.15) is 29.1 Å². The summed E-state index contributed by atoms with van der Waals surface area (Å²) in [5.41, 5.74) is 1.04. The Balaban J connectivity index is 2.36. The van der Waals surface area contributed by atoms with E-state index in [0.717, 1.165) is 11.8 Å². The van der Waals surface area contributed by atoms with E-state index in [1.807, 2.05) is 6.07 Å². The van der Waals surface area contributed by atoms with Crippen LogP contribution >= 0.6 is 0 Å². The molecular weight excluding hydrogens is 300 g/mol. The third-order valence-corrected chi connectivity index (χ3v) is 3.53. The molecule has 2 rings (SSSR count). The molecule has 0 saturated heterocycles. The molecule has 0 radical (unpaired) electrons. The van der Waals surface area contributed by atoms with Gasteiger partial charge in [-0.3, -0.25) is 4.18 Å². The lowest BCUT2D eigenvalue weighted by atomic mass is 10.1. The Kier molecular flexibility index (Phi) is 3.94. The monoisotopic (exact) mass is 324 g/mol. The molecule has 1 atom stereocenters. The first-order valence-electron chi connectivity index (χ1n) is 8.74. The van der Waals surface area contributed by atoms with Gasteiger partial charge in [0.05, 0.1) is 18.3 Å². The number of para-hydroxylation sites is 1. The molecule has 0 spiro atoms. The van der Waals surface area contributed by atoms with Gasteiger partial charge in [0.1, 0.15) is 11.9 Å². The lowest BCUT2D eigenvalue weighted by Crippen LogP contribution is -2.13. The van der Waals surface area contributed by atoms with Crippen LogP contribution in [-0.4, -0.2) is 21.3 Å². The number of ether oxygens (including phenoxy) is 1. The first-order valence-corrected chi connectivity index (χ1v) is 8.56. The van der Waals surface area contributed by atoms with E-state index in [2.05, 4.69) is 0 Å². The van der Waals surface area contributed by atoms with Gasteiger partial charge in [0, 0.05) is 6.42 Å². The molecule has 4 nitrogen and oxygen atoms in total. The van der Waals surface area contributed by atoms with E-state index >= 15 is 0 Å². The van der Waals surface area contributed by atoms with E-state index in [4.69, 9.17) is 14.4 Å². The molecule has 0 bridgehead atoms. The van der Waals surface area contributed by atoms with E-state index in [9.17, 15) is 8.42 Å². The molecule has 0 amide bonds. The lowest BCUT2D eigenvalue weighted by molar-refractivity contribution is 0.165. The van der Waals surface area contributed by atoms with E-state index in [1.54, 1.807) is 31.2 Å². The Morgan fingerprint density at radius 3 is 2.55 bits per heavy atom. The van der Waals surface area contributed by atoms with Gasteiger partial charge < -0.3 is 4.74 Å². The Hall–Kier alpha value is -1.85. The van der Waals surface area contributed by atoms with Crippen LogP contribution in [0, 0.1) is 6.92 Å². The zero-order valence-electron chi connectivity index (χ0n) is 16.4. The van der Waals surface area contributed by atoms with Crippen molar-refractivity contribution in [2.24, 2.45) is 0 Å². The first-order chi connectivity index (χ1) is 12.1. The van der Waals surface area contributed by atoms with Crippen molar-refractivity contribution in [3.8, 4) is 5.75 Å². The quantitative estimate of drug-likeness (QED) is 0.732. The summed E-state index contributed by atoms with van der Waals surface area (Å²) in [6.45, 7) is 1.45. The molecule has 0 aliphatic carbocycles. The maximum atomic E-state index is 11.2. The van der Waals surface area contributed by atoms with Gasteiger partial charge in [-0.2, -0.15) is 8.42 Å². The zero-order valence-corrected chi connectivity index (χ0v) is 13.2. The molecule has 0 aliphatic rings. The minimum absolute atomic E-state index is 0.0456. The largest absolute Gasteiger partial charge is 0.485 e. The first kappa shape index (κ1) is 11.7. The minimum atomic E-state index is -3.59. The lowest BCUT2D eigenvalue weighted by Gasteiger charge is -2.20. The molecule has 0 N–H and O–H groups in total. The molecule has 22 heavy (non-hydrogen) atoms. The second-order valence-electron chi connectivity index (χ2n) is 4.79. The average Bonchev–Trinajstić information content (AvgIpc) is 2.60. The van der Waals surface area contributed by atoms with Crippen LogP contribution in [0.4, 0.5) is 0 Å². The minimum Gasteiger partial charge on any atom is -0.485 e. The summed E-state index contributed by atoms with van der Waals surface area (Å²) in [4.78, 5) is 0. The second-order valence-corrected chi connectivity index (χ2v) is 6.43. The van der Waals surface area contributed by atoms with Gasteiger partial charge in [0.2, 0.25) is 0 Å². The second kappa shape index (κ2) is 7.42. The highest BCUT2D eigenvalue weighted by molar-refractivity contribution is 7.85. The normalized spacial score (nSPS) is 15.4. The van der Waals surface area contributed by atoms with Crippen LogP contribution in [0.3, 0.4) is 0 Å². The number of hydrogen-bond acceptors (Lipinski definition) is 4. The molecule has 0 saturated carbocycles. The van der Waals surface area contributed by atoms with Gasteiger partial charge in [-0.1, -0.05) is 48.5 Å². The Labute approximate surface area is 137 Å². The topological polar surface area (TPSA) is 52.6 Å². The van der Waals surface area contributed by atoms with Gasteiger partial charge in [-0.15, -0.1) is 0 Å². The highest BCUT2D eigenvalue weighted by Crippen LogP contribution is 2.27. The van der Waals surface area contributed by atoms with Crippen LogP contribution in [0.2, 0.25) is 0 Å². The number of hydrogen-bond donors (Lipinski definition) is 0. The van der Waals surface area contributed by atoms with E-state index in [0.29, 0.717) is 5.56 Å². The van der Waals surface area contributed by atoms with Crippen LogP contribution < -0.4 is 4.74 Å². The Bertz CT molecular complexity index is 856. The number of rotatable bonds is 7. The third-order valence-electron chi connectivity index (χ3n) is 2.94. The van der Waals surface area contributed by atoms with Crippen LogP contribution in [-0.2, 0) is 14.3 Å². The van der Waals surface area contributed by atoms with Crippen molar-refractivity contribution in [1.29, 1.82) is 0 Å². The predicted molar refractivity (Wildman–Crippen MR) is 86.4 cm³/mol. The van der Waals surface area contributed by atoms with Crippen molar-refractivity contribution in [1.82, 2.24) is 0 Å². The van der Waals surface area contributed by atoms with Crippen molar-refractivity contribution in [2.75, 3.05) is 12.9 Å². The summed E-state index contributed by atoms with van der Waals surface area (Å²) >= 11 is 0. The van der Waals surface area contributed by atoms with Crippen molar-refractivity contribution < 1.29 is 22.8 Å². The van der Waals surface area contributed by atoms with Gasteiger partial charge >= 0.3 is 0 Å². The standard InChI is InChI=1S/C17H20O4S/c1-14-8-6-7-11-16(14)21-17(12-13-20-22(2,18)19)15-9-4-3-5-10-15/h3-11,17H,12-13H2,1-2H3/t17-/m1/s1/i6D,7D,8D,11D. The molecule has 118 valence electrons. The van der Waals surface area contributed by atoms with Gasteiger partial charge in [-0.05, 0) is 24.1 Å². The fourth-order valence-corrected chi connectivity index (χ4v) is 2.29. The molecule has 2 aromatic rings. The fourth-order valence-electron chi connectivity index (χ4n) is 1.89. The zero-order chi connectivity index (χ0) is 19.5. The third kappa shape index (κ3) is 5.16. The summed E-state index contributed by atoms with van der Waals surface area (Å²) in [6, 6.07) is 7.89. The van der Waals surface area contributed by atoms with Gasteiger partial charge in [0.25, 0.3) is 10.1 Å². The summed E-state index contributed by atoms with van der Waals surface area (Å²) < 4.78 is 64.6. The molecule has 0 aliphatic heterocycles. The van der Waals surface area contributed by atoms with E-state index in [1.165, 1.54) is 0 Å². The van der Waals surface area contributed by atoms with Crippen LogP contribution in [0.5, 0.6) is 5.75 Å². The van der Waals surface area contributed by atoms with Crippen LogP contribution in [0.25, 0.3) is 0 Å². The summed E-state index contributed by atoms with van der Waals surface area (Å²) in [5.74, 6) is 0.0456.